The molecule has 0 amide bonds. The number of hydrogen-bond donors (Lipinski definition) is 0. The number of rotatable bonds is 4. The molecular formula is C10H15ClN2O. The van der Waals surface area contributed by atoms with Crippen molar-refractivity contribution in [2.24, 2.45) is 5.92 Å². The lowest BCUT2D eigenvalue weighted by Crippen LogP contribution is -2.04. The minimum atomic E-state index is 0.479. The summed E-state index contributed by atoms with van der Waals surface area (Å²) >= 11 is 5.86. The van der Waals surface area contributed by atoms with E-state index in [1.54, 1.807) is 13.2 Å². The maximum Gasteiger partial charge on any atom is 0.133 e. The minimum Gasteiger partial charge on any atom is -0.378 e. The van der Waals surface area contributed by atoms with Gasteiger partial charge < -0.3 is 4.74 Å². The van der Waals surface area contributed by atoms with E-state index in [1.165, 1.54) is 0 Å². The van der Waals surface area contributed by atoms with Crippen molar-refractivity contribution >= 4 is 11.6 Å². The van der Waals surface area contributed by atoms with Crippen molar-refractivity contribution in [3.63, 3.8) is 0 Å². The molecule has 3 nitrogen and oxygen atoms in total. The summed E-state index contributed by atoms with van der Waals surface area (Å²) < 4.78 is 4.99. The second-order valence-corrected chi connectivity index (χ2v) is 4.02. The first-order valence-corrected chi connectivity index (χ1v) is 5.01. The van der Waals surface area contributed by atoms with Crippen LogP contribution in [0.4, 0.5) is 0 Å². The van der Waals surface area contributed by atoms with Crippen molar-refractivity contribution < 1.29 is 4.74 Å². The number of methoxy groups -OCH3 is 1. The first-order chi connectivity index (χ1) is 6.61. The van der Waals surface area contributed by atoms with Crippen molar-refractivity contribution in [1.29, 1.82) is 0 Å². The van der Waals surface area contributed by atoms with Crippen LogP contribution in [0.3, 0.4) is 0 Å². The number of nitrogens with zero attached hydrogens (tertiary/aromatic N) is 2. The molecular weight excluding hydrogens is 200 g/mol. The van der Waals surface area contributed by atoms with E-state index in [1.807, 2.05) is 0 Å². The van der Waals surface area contributed by atoms with Gasteiger partial charge in [-0.05, 0) is 12.0 Å². The van der Waals surface area contributed by atoms with E-state index < -0.39 is 0 Å². The monoisotopic (exact) mass is 214 g/mol. The Hall–Kier alpha value is -0.670. The number of aromatic nitrogens is 2. The van der Waals surface area contributed by atoms with Crippen LogP contribution in [0.5, 0.6) is 0 Å². The van der Waals surface area contributed by atoms with Crippen LogP contribution in [-0.2, 0) is 17.8 Å². The normalized spacial score (nSPS) is 10.9. The van der Waals surface area contributed by atoms with Gasteiger partial charge in [0.1, 0.15) is 11.0 Å². The van der Waals surface area contributed by atoms with Crippen LogP contribution < -0.4 is 0 Å². The number of halogens is 1. The molecule has 0 saturated heterocycles. The van der Waals surface area contributed by atoms with E-state index in [0.717, 1.165) is 17.9 Å². The molecule has 0 spiro atoms. The third-order valence-corrected chi connectivity index (χ3v) is 1.87. The summed E-state index contributed by atoms with van der Waals surface area (Å²) in [6.45, 7) is 4.73. The van der Waals surface area contributed by atoms with Gasteiger partial charge in [0.2, 0.25) is 0 Å². The number of hydrogen-bond acceptors (Lipinski definition) is 3. The second kappa shape index (κ2) is 5.27. The summed E-state index contributed by atoms with van der Waals surface area (Å²) in [5.74, 6) is 1.32. The lowest BCUT2D eigenvalue weighted by atomic mass is 10.1. The fraction of sp³-hybridized carbons (Fsp3) is 0.600. The Morgan fingerprint density at radius 1 is 1.43 bits per heavy atom. The highest BCUT2D eigenvalue weighted by atomic mass is 35.5. The third-order valence-electron chi connectivity index (χ3n) is 1.68. The molecule has 0 atom stereocenters. The maximum atomic E-state index is 5.86. The van der Waals surface area contributed by atoms with E-state index in [0.29, 0.717) is 17.7 Å². The Labute approximate surface area is 89.5 Å². The number of ether oxygens (including phenoxy) is 1. The van der Waals surface area contributed by atoms with Crippen LogP contribution in [0.1, 0.15) is 25.4 Å². The predicted octanol–water partition coefficient (Wildman–Crippen LogP) is 2.47. The maximum absolute atomic E-state index is 5.86. The molecule has 0 aromatic carbocycles. The summed E-state index contributed by atoms with van der Waals surface area (Å²) in [5.41, 5.74) is 0.836. The van der Waals surface area contributed by atoms with Gasteiger partial charge in [0.15, 0.2) is 0 Å². The zero-order valence-electron chi connectivity index (χ0n) is 8.75. The second-order valence-electron chi connectivity index (χ2n) is 3.63. The third kappa shape index (κ3) is 3.60. The van der Waals surface area contributed by atoms with Crippen molar-refractivity contribution in [2.75, 3.05) is 7.11 Å². The van der Waals surface area contributed by atoms with Gasteiger partial charge in [0, 0.05) is 13.5 Å². The fourth-order valence-electron chi connectivity index (χ4n) is 1.19. The molecule has 0 bridgehead atoms. The summed E-state index contributed by atoms with van der Waals surface area (Å²) in [7, 11) is 1.64. The highest BCUT2D eigenvalue weighted by molar-refractivity contribution is 6.29. The molecule has 0 fully saturated rings. The van der Waals surface area contributed by atoms with E-state index in [4.69, 9.17) is 16.3 Å². The van der Waals surface area contributed by atoms with E-state index in [-0.39, 0.29) is 0 Å². The molecule has 0 saturated carbocycles. The molecule has 4 heteroatoms. The Morgan fingerprint density at radius 2 is 2.14 bits per heavy atom. The lowest BCUT2D eigenvalue weighted by Gasteiger charge is -2.06. The Morgan fingerprint density at radius 3 is 2.71 bits per heavy atom. The molecule has 1 heterocycles. The Kier molecular flexibility index (Phi) is 4.29. The largest absolute Gasteiger partial charge is 0.378 e. The average Bonchev–Trinajstić information content (AvgIpc) is 2.01. The molecule has 0 aliphatic carbocycles. The van der Waals surface area contributed by atoms with Gasteiger partial charge in [-0.3, -0.25) is 0 Å². The van der Waals surface area contributed by atoms with Crippen LogP contribution in [0.25, 0.3) is 0 Å². The van der Waals surface area contributed by atoms with Crippen LogP contribution in [0.2, 0.25) is 5.15 Å². The van der Waals surface area contributed by atoms with E-state index in [2.05, 4.69) is 23.8 Å². The van der Waals surface area contributed by atoms with Gasteiger partial charge in [0.25, 0.3) is 0 Å². The van der Waals surface area contributed by atoms with Crippen molar-refractivity contribution in [3.8, 4) is 0 Å². The van der Waals surface area contributed by atoms with Crippen LogP contribution >= 0.6 is 11.6 Å². The highest BCUT2D eigenvalue weighted by Crippen LogP contribution is 2.10. The first-order valence-electron chi connectivity index (χ1n) is 4.63. The average molecular weight is 215 g/mol. The summed E-state index contributed by atoms with van der Waals surface area (Å²) in [5, 5.41) is 0.489. The fourth-order valence-corrected chi connectivity index (χ4v) is 1.42. The Balaban J connectivity index is 2.83. The van der Waals surface area contributed by atoms with Crippen LogP contribution in [0.15, 0.2) is 6.07 Å². The van der Waals surface area contributed by atoms with E-state index >= 15 is 0 Å². The highest BCUT2D eigenvalue weighted by Gasteiger charge is 2.05. The molecule has 0 aliphatic heterocycles. The summed E-state index contributed by atoms with van der Waals surface area (Å²) in [6.07, 6.45) is 0.845. The van der Waals surface area contributed by atoms with Crippen molar-refractivity contribution in [3.05, 3.63) is 22.7 Å². The summed E-state index contributed by atoms with van der Waals surface area (Å²) in [6, 6.07) is 1.73. The lowest BCUT2D eigenvalue weighted by molar-refractivity contribution is 0.181. The Bertz CT molecular complexity index is 302. The van der Waals surface area contributed by atoms with Gasteiger partial charge in [0.05, 0.1) is 12.3 Å². The van der Waals surface area contributed by atoms with Crippen LogP contribution in [-0.4, -0.2) is 17.1 Å². The smallest absolute Gasteiger partial charge is 0.133 e. The van der Waals surface area contributed by atoms with Gasteiger partial charge in [-0.15, -0.1) is 0 Å². The molecule has 14 heavy (non-hydrogen) atoms. The minimum absolute atomic E-state index is 0.479. The first kappa shape index (κ1) is 11.4. The zero-order chi connectivity index (χ0) is 10.6. The summed E-state index contributed by atoms with van der Waals surface area (Å²) in [4.78, 5) is 8.50. The van der Waals surface area contributed by atoms with Gasteiger partial charge in [-0.2, -0.15) is 0 Å². The molecule has 1 aromatic rings. The predicted molar refractivity (Wildman–Crippen MR) is 56.3 cm³/mol. The standard InChI is InChI=1S/C10H15ClN2O/c1-7(2)4-10-12-8(6-14-3)5-9(11)13-10/h5,7H,4,6H2,1-3H3. The molecule has 78 valence electrons. The van der Waals surface area contributed by atoms with E-state index in [9.17, 15) is 0 Å². The molecule has 0 unspecified atom stereocenters. The molecule has 0 N–H and O–H groups in total. The molecule has 1 rings (SSSR count). The zero-order valence-corrected chi connectivity index (χ0v) is 9.51. The van der Waals surface area contributed by atoms with Crippen molar-refractivity contribution in [2.45, 2.75) is 26.9 Å². The topological polar surface area (TPSA) is 35.0 Å². The molecule has 0 aliphatic rings. The van der Waals surface area contributed by atoms with Gasteiger partial charge in [-0.1, -0.05) is 25.4 Å². The molecule has 0 radical (unpaired) electrons. The van der Waals surface area contributed by atoms with Gasteiger partial charge >= 0.3 is 0 Å². The SMILES string of the molecule is COCc1cc(Cl)nc(CC(C)C)n1. The van der Waals surface area contributed by atoms with Crippen molar-refractivity contribution in [1.82, 2.24) is 9.97 Å². The quantitative estimate of drug-likeness (QED) is 0.723. The molecule has 1 aromatic heterocycles. The van der Waals surface area contributed by atoms with Crippen LogP contribution in [0, 0.1) is 5.92 Å². The van der Waals surface area contributed by atoms with Gasteiger partial charge in [-0.25, -0.2) is 9.97 Å².